The highest BCUT2D eigenvalue weighted by Gasteiger charge is 2.19. The average Bonchev–Trinajstić information content (AvgIpc) is 2.36. The van der Waals surface area contributed by atoms with Crippen molar-refractivity contribution in [2.24, 2.45) is 11.8 Å². The molecular weight excluding hydrogens is 256 g/mol. The van der Waals surface area contributed by atoms with E-state index in [1.54, 1.807) is 0 Å². The lowest BCUT2D eigenvalue weighted by molar-refractivity contribution is 0.293. The Morgan fingerprint density at radius 1 is 1.32 bits per heavy atom. The molecule has 106 valence electrons. The number of benzene rings is 1. The van der Waals surface area contributed by atoms with Crippen molar-refractivity contribution in [2.75, 3.05) is 30.9 Å². The van der Waals surface area contributed by atoms with Crippen LogP contribution in [0.4, 0.5) is 11.4 Å². The molecule has 0 aliphatic heterocycles. The van der Waals surface area contributed by atoms with E-state index in [1.807, 2.05) is 12.1 Å². The first kappa shape index (κ1) is 14.5. The van der Waals surface area contributed by atoms with Gasteiger partial charge in [0.05, 0.1) is 11.4 Å². The van der Waals surface area contributed by atoms with Gasteiger partial charge in [0.15, 0.2) is 0 Å². The zero-order valence-corrected chi connectivity index (χ0v) is 13.0. The molecule has 0 spiro atoms. The lowest BCUT2D eigenvalue weighted by atomic mass is 9.82. The molecular formula is C16H25ClN2. The van der Waals surface area contributed by atoms with Crippen LogP contribution in [-0.4, -0.2) is 20.6 Å². The van der Waals surface area contributed by atoms with Crippen LogP contribution in [0.2, 0.25) is 5.02 Å². The fraction of sp³-hybridized carbons (Fsp3) is 0.625. The Morgan fingerprint density at radius 3 is 2.79 bits per heavy atom. The quantitative estimate of drug-likeness (QED) is 0.864. The predicted molar refractivity (Wildman–Crippen MR) is 85.4 cm³/mol. The molecule has 0 bridgehead atoms. The van der Waals surface area contributed by atoms with Crippen LogP contribution in [0.5, 0.6) is 0 Å². The maximum absolute atomic E-state index is 6.11. The summed E-state index contributed by atoms with van der Waals surface area (Å²) in [6.45, 7) is 3.43. The van der Waals surface area contributed by atoms with Gasteiger partial charge >= 0.3 is 0 Å². The highest BCUT2D eigenvalue weighted by atomic mass is 35.5. The van der Waals surface area contributed by atoms with Crippen molar-refractivity contribution in [1.82, 2.24) is 0 Å². The second-order valence-corrected chi connectivity index (χ2v) is 6.51. The summed E-state index contributed by atoms with van der Waals surface area (Å²) in [5, 5.41) is 4.40. The maximum Gasteiger partial charge on any atom is 0.0597 e. The molecule has 19 heavy (non-hydrogen) atoms. The summed E-state index contributed by atoms with van der Waals surface area (Å²) >= 11 is 6.11. The maximum atomic E-state index is 6.11. The van der Waals surface area contributed by atoms with Crippen LogP contribution in [0.3, 0.4) is 0 Å². The van der Waals surface area contributed by atoms with Gasteiger partial charge in [-0.3, -0.25) is 0 Å². The number of anilines is 2. The van der Waals surface area contributed by atoms with Crippen molar-refractivity contribution in [1.29, 1.82) is 0 Å². The summed E-state index contributed by atoms with van der Waals surface area (Å²) in [4.78, 5) is 2.13. The summed E-state index contributed by atoms with van der Waals surface area (Å²) in [7, 11) is 4.13. The van der Waals surface area contributed by atoms with Gasteiger partial charge in [0.2, 0.25) is 0 Å². The monoisotopic (exact) mass is 280 g/mol. The molecule has 2 atom stereocenters. The van der Waals surface area contributed by atoms with Crippen LogP contribution in [-0.2, 0) is 0 Å². The van der Waals surface area contributed by atoms with Gasteiger partial charge in [-0.15, -0.1) is 0 Å². The third-order valence-electron chi connectivity index (χ3n) is 4.07. The molecule has 3 heteroatoms. The minimum absolute atomic E-state index is 0.796. The van der Waals surface area contributed by atoms with Crippen molar-refractivity contribution in [2.45, 2.75) is 32.6 Å². The van der Waals surface area contributed by atoms with Gasteiger partial charge in [-0.1, -0.05) is 31.4 Å². The fourth-order valence-electron chi connectivity index (χ4n) is 3.04. The Balaban J connectivity index is 2.00. The van der Waals surface area contributed by atoms with E-state index in [1.165, 1.54) is 31.4 Å². The van der Waals surface area contributed by atoms with Gasteiger partial charge in [0, 0.05) is 25.7 Å². The van der Waals surface area contributed by atoms with Crippen molar-refractivity contribution in [3.63, 3.8) is 0 Å². The van der Waals surface area contributed by atoms with Crippen LogP contribution in [0, 0.1) is 11.8 Å². The number of hydrogen-bond acceptors (Lipinski definition) is 2. The first-order valence-electron chi connectivity index (χ1n) is 7.27. The Morgan fingerprint density at radius 2 is 2.11 bits per heavy atom. The molecule has 2 unspecified atom stereocenters. The van der Waals surface area contributed by atoms with Crippen LogP contribution >= 0.6 is 11.6 Å². The lowest BCUT2D eigenvalue weighted by Crippen LogP contribution is -2.22. The van der Waals surface area contributed by atoms with Crippen molar-refractivity contribution in [3.8, 4) is 0 Å². The Labute approximate surface area is 122 Å². The normalized spacial score (nSPS) is 23.2. The molecule has 1 aromatic rings. The van der Waals surface area contributed by atoms with E-state index in [4.69, 9.17) is 11.6 Å². The predicted octanol–water partition coefficient (Wildman–Crippen LogP) is 4.64. The summed E-state index contributed by atoms with van der Waals surface area (Å²) in [6, 6.07) is 6.06. The van der Waals surface area contributed by atoms with Crippen LogP contribution < -0.4 is 10.2 Å². The zero-order valence-electron chi connectivity index (χ0n) is 12.2. The Kier molecular flexibility index (Phi) is 4.98. The molecule has 1 aliphatic rings. The third-order valence-corrected chi connectivity index (χ3v) is 4.30. The first-order valence-corrected chi connectivity index (χ1v) is 7.65. The summed E-state index contributed by atoms with van der Waals surface area (Å²) in [6.07, 6.45) is 5.49. The van der Waals surface area contributed by atoms with Crippen molar-refractivity contribution in [3.05, 3.63) is 23.2 Å². The lowest BCUT2D eigenvalue weighted by Gasteiger charge is -2.28. The molecule has 2 nitrogen and oxygen atoms in total. The minimum atomic E-state index is 0.796. The largest absolute Gasteiger partial charge is 0.383 e. The van der Waals surface area contributed by atoms with Crippen molar-refractivity contribution >= 4 is 23.0 Å². The van der Waals surface area contributed by atoms with Crippen LogP contribution in [0.25, 0.3) is 0 Å². The summed E-state index contributed by atoms with van der Waals surface area (Å²) < 4.78 is 0. The van der Waals surface area contributed by atoms with Gasteiger partial charge in [0.25, 0.3) is 0 Å². The van der Waals surface area contributed by atoms with Crippen LogP contribution in [0.1, 0.15) is 32.6 Å². The fourth-order valence-corrected chi connectivity index (χ4v) is 3.21. The van der Waals surface area contributed by atoms with E-state index in [0.29, 0.717) is 0 Å². The molecule has 1 aromatic carbocycles. The Hall–Kier alpha value is -0.890. The second kappa shape index (κ2) is 6.51. The third kappa shape index (κ3) is 4.04. The number of hydrogen-bond donors (Lipinski definition) is 1. The average molecular weight is 281 g/mol. The van der Waals surface area contributed by atoms with Crippen LogP contribution in [0.15, 0.2) is 18.2 Å². The minimum Gasteiger partial charge on any atom is -0.383 e. The number of rotatable bonds is 4. The highest BCUT2D eigenvalue weighted by Crippen LogP contribution is 2.31. The summed E-state index contributed by atoms with van der Waals surface area (Å²) in [5.74, 6) is 1.69. The molecule has 0 amide bonds. The number of nitrogens with one attached hydrogen (secondary N) is 1. The molecule has 0 saturated heterocycles. The Bertz CT molecular complexity index is 417. The van der Waals surface area contributed by atoms with E-state index < -0.39 is 0 Å². The topological polar surface area (TPSA) is 15.3 Å². The van der Waals surface area contributed by atoms with E-state index in [2.05, 4.69) is 37.3 Å². The van der Waals surface area contributed by atoms with Gasteiger partial charge < -0.3 is 10.2 Å². The standard InChI is InChI=1S/C16H25ClN2/c1-12-5-4-6-13(9-12)11-18-15-10-14(17)7-8-16(15)19(2)3/h7-8,10,12-13,18H,4-6,9,11H2,1-3H3. The molecule has 0 radical (unpaired) electrons. The molecule has 1 N–H and O–H groups in total. The molecule has 1 aliphatic carbocycles. The second-order valence-electron chi connectivity index (χ2n) is 6.07. The van der Waals surface area contributed by atoms with E-state index in [9.17, 15) is 0 Å². The zero-order chi connectivity index (χ0) is 13.8. The molecule has 1 saturated carbocycles. The van der Waals surface area contributed by atoms with E-state index in [0.717, 1.165) is 29.1 Å². The highest BCUT2D eigenvalue weighted by molar-refractivity contribution is 6.31. The van der Waals surface area contributed by atoms with Gasteiger partial charge in [-0.25, -0.2) is 0 Å². The molecule has 0 aromatic heterocycles. The smallest absolute Gasteiger partial charge is 0.0597 e. The van der Waals surface area contributed by atoms with E-state index >= 15 is 0 Å². The van der Waals surface area contributed by atoms with Gasteiger partial charge in [-0.05, 0) is 42.9 Å². The van der Waals surface area contributed by atoms with Crippen molar-refractivity contribution < 1.29 is 0 Å². The summed E-state index contributed by atoms with van der Waals surface area (Å²) in [5.41, 5.74) is 2.35. The molecule has 1 fully saturated rings. The number of halogens is 1. The molecule has 0 heterocycles. The van der Waals surface area contributed by atoms with Gasteiger partial charge in [-0.2, -0.15) is 0 Å². The SMILES string of the molecule is CC1CCCC(CNc2cc(Cl)ccc2N(C)C)C1. The van der Waals surface area contributed by atoms with E-state index in [-0.39, 0.29) is 0 Å². The molecule has 2 rings (SSSR count). The number of nitrogens with zero attached hydrogens (tertiary/aromatic N) is 1. The first-order chi connectivity index (χ1) is 9.06. The van der Waals surface area contributed by atoms with Gasteiger partial charge in [0.1, 0.15) is 0 Å².